The Morgan fingerprint density at radius 1 is 0.421 bits per heavy atom. The third-order valence-electron chi connectivity index (χ3n) is 18.3. The molecule has 0 bridgehead atoms. The fourth-order valence-electron chi connectivity index (χ4n) is 13.4. The first-order valence-electron chi connectivity index (χ1n) is 30.9. The van der Waals surface area contributed by atoms with Gasteiger partial charge >= 0.3 is 0 Å². The monoisotopic (exact) mass is 1030 g/mol. The average Bonchev–Trinajstić information content (AvgIpc) is 4.05. The van der Waals surface area contributed by atoms with Crippen LogP contribution in [0, 0.1) is 11.8 Å². The van der Waals surface area contributed by atoms with Crippen LogP contribution in [0.3, 0.4) is 0 Å². The van der Waals surface area contributed by atoms with Crippen molar-refractivity contribution in [3.8, 4) is 33.8 Å². The fraction of sp³-hybridized carbons (Fsp3) is 0.571. The summed E-state index contributed by atoms with van der Waals surface area (Å²) in [5, 5.41) is 0. The normalized spacial score (nSPS) is 19.1. The molecule has 2 aliphatic carbocycles. The molecule has 0 radical (unpaired) electrons. The highest BCUT2D eigenvalue weighted by Crippen LogP contribution is 2.57. The lowest BCUT2D eigenvalue weighted by Gasteiger charge is -2.31. The summed E-state index contributed by atoms with van der Waals surface area (Å²) in [6, 6.07) is 27.4. The van der Waals surface area contributed by atoms with Crippen LogP contribution in [0.5, 0.6) is 11.5 Å². The van der Waals surface area contributed by atoms with Gasteiger partial charge in [0.05, 0.1) is 35.8 Å². The van der Waals surface area contributed by atoms with Crippen LogP contribution in [0.15, 0.2) is 83.9 Å². The maximum Gasteiger partial charge on any atom is 0.261 e. The van der Waals surface area contributed by atoms with Gasteiger partial charge in [-0.3, -0.25) is 9.59 Å². The van der Waals surface area contributed by atoms with E-state index in [9.17, 15) is 0 Å². The van der Waals surface area contributed by atoms with E-state index in [0.29, 0.717) is 49.3 Å². The summed E-state index contributed by atoms with van der Waals surface area (Å²) in [5.74, 6) is 2.45. The van der Waals surface area contributed by atoms with Gasteiger partial charge in [-0.05, 0) is 142 Å². The third kappa shape index (κ3) is 11.4. The van der Waals surface area contributed by atoms with Crippen LogP contribution in [-0.2, 0) is 20.4 Å². The van der Waals surface area contributed by atoms with E-state index >= 15 is 9.59 Å². The third-order valence-corrected chi connectivity index (χ3v) is 18.3. The Morgan fingerprint density at radius 2 is 0.776 bits per heavy atom. The average molecular weight is 1030 g/mol. The van der Waals surface area contributed by atoms with Gasteiger partial charge in [-0.25, -0.2) is 0 Å². The first kappa shape index (κ1) is 57.1. The van der Waals surface area contributed by atoms with E-state index in [0.717, 1.165) is 137 Å². The van der Waals surface area contributed by atoms with E-state index in [1.165, 1.54) is 83.0 Å². The van der Waals surface area contributed by atoms with Gasteiger partial charge in [0.25, 0.3) is 11.8 Å². The number of unbranched alkanes of at least 4 members (excludes halogenated alkanes) is 10. The van der Waals surface area contributed by atoms with Gasteiger partial charge < -0.3 is 19.3 Å². The zero-order chi connectivity index (χ0) is 54.0. The second kappa shape index (κ2) is 26.0. The van der Waals surface area contributed by atoms with Crippen molar-refractivity contribution in [2.45, 2.75) is 221 Å². The second-order valence-corrected chi connectivity index (χ2v) is 23.7. The molecule has 4 aromatic carbocycles. The van der Waals surface area contributed by atoms with Crippen molar-refractivity contribution in [2.24, 2.45) is 11.8 Å². The summed E-state index contributed by atoms with van der Waals surface area (Å²) in [4.78, 5) is 36.3. The Bertz CT molecular complexity index is 2540. The Balaban J connectivity index is 1.33. The van der Waals surface area contributed by atoms with Gasteiger partial charge in [-0.15, -0.1) is 0 Å². The van der Waals surface area contributed by atoms with Gasteiger partial charge in [0, 0.05) is 23.9 Å². The van der Waals surface area contributed by atoms with Crippen LogP contribution in [0.2, 0.25) is 0 Å². The minimum atomic E-state index is -0.263. The number of hydrogen-bond acceptors (Lipinski definition) is 4. The Hall–Kier alpha value is -5.10. The van der Waals surface area contributed by atoms with Crippen molar-refractivity contribution in [1.29, 1.82) is 0 Å². The number of amides is 2. The molecule has 2 amide bonds. The van der Waals surface area contributed by atoms with E-state index in [-0.39, 0.29) is 22.6 Å². The molecule has 0 aromatic heterocycles. The molecule has 4 aromatic rings. The van der Waals surface area contributed by atoms with Gasteiger partial charge in [0.1, 0.15) is 11.5 Å². The quantitative estimate of drug-likeness (QED) is 0.0457. The molecule has 76 heavy (non-hydrogen) atoms. The van der Waals surface area contributed by atoms with E-state index < -0.39 is 0 Å². The molecule has 4 unspecified atom stereocenters. The lowest BCUT2D eigenvalue weighted by molar-refractivity contribution is -0.124. The first-order valence-corrected chi connectivity index (χ1v) is 30.9. The van der Waals surface area contributed by atoms with Crippen LogP contribution < -0.4 is 9.47 Å². The molecule has 6 heteroatoms. The predicted molar refractivity (Wildman–Crippen MR) is 319 cm³/mol. The molecule has 2 heterocycles. The summed E-state index contributed by atoms with van der Waals surface area (Å²) < 4.78 is 12.8. The molecule has 0 saturated carbocycles. The number of ether oxygens (including phenoxy) is 2. The number of fused-ring (bicyclic) bond motifs is 7. The molecule has 0 spiro atoms. The first-order chi connectivity index (χ1) is 37.0. The zero-order valence-electron chi connectivity index (χ0n) is 49.0. The lowest BCUT2D eigenvalue weighted by atomic mass is 9.75. The summed E-state index contributed by atoms with van der Waals surface area (Å²) >= 11 is 0. The number of hydrogen-bond donors (Lipinski definition) is 0. The van der Waals surface area contributed by atoms with Gasteiger partial charge in [-0.1, -0.05) is 208 Å². The Kier molecular flexibility index (Phi) is 19.6. The smallest absolute Gasteiger partial charge is 0.261 e. The number of nitrogens with zero attached hydrogens (tertiary/aromatic N) is 2. The van der Waals surface area contributed by atoms with Crippen LogP contribution in [0.25, 0.3) is 33.6 Å². The molecular formula is C70H96N2O4. The molecule has 4 atom stereocenters. The van der Waals surface area contributed by atoms with E-state index in [4.69, 9.17) is 9.47 Å². The number of carbonyl (C=O) groups is 2. The molecule has 4 aliphatic rings. The Morgan fingerprint density at radius 3 is 1.13 bits per heavy atom. The van der Waals surface area contributed by atoms with Crippen LogP contribution in [0.4, 0.5) is 0 Å². The minimum absolute atomic E-state index is 0.0210. The van der Waals surface area contributed by atoms with E-state index in [1.807, 2.05) is 0 Å². The summed E-state index contributed by atoms with van der Waals surface area (Å²) in [5.41, 5.74) is 14.5. The minimum Gasteiger partial charge on any atom is -0.494 e. The molecule has 0 N–H and O–H groups in total. The largest absolute Gasteiger partial charge is 0.494 e. The topological polar surface area (TPSA) is 59.1 Å². The summed E-state index contributed by atoms with van der Waals surface area (Å²) in [7, 11) is 0. The predicted octanol–water partition coefficient (Wildman–Crippen LogP) is 18.8. The summed E-state index contributed by atoms with van der Waals surface area (Å²) in [6.45, 7) is 25.5. The van der Waals surface area contributed by atoms with Crippen LogP contribution in [0.1, 0.15) is 244 Å². The number of rotatable bonds is 32. The maximum absolute atomic E-state index is 16.1. The number of carbonyl (C=O) groups excluding carboxylic acids is 2. The zero-order valence-corrected chi connectivity index (χ0v) is 49.0. The van der Waals surface area contributed by atoms with Crippen LogP contribution >= 0.6 is 0 Å². The van der Waals surface area contributed by atoms with Crippen molar-refractivity contribution in [1.82, 2.24) is 9.80 Å². The van der Waals surface area contributed by atoms with Gasteiger partial charge in [0.15, 0.2) is 0 Å². The highest BCUT2D eigenvalue weighted by molar-refractivity contribution is 6.30. The van der Waals surface area contributed by atoms with Crippen LogP contribution in [-0.4, -0.2) is 47.9 Å². The van der Waals surface area contributed by atoms with E-state index in [1.54, 1.807) is 0 Å². The van der Waals surface area contributed by atoms with E-state index in [2.05, 4.69) is 152 Å². The van der Waals surface area contributed by atoms with Crippen molar-refractivity contribution >= 4 is 23.2 Å². The maximum atomic E-state index is 16.1. The summed E-state index contributed by atoms with van der Waals surface area (Å²) in [6.07, 6.45) is 24.2. The standard InChI is InChI=1S/C70H96N2O4/c1-11-19-25-27-39-69(9)59-43-51(31-35-55(59)57-37-33-53(45-61(57)69)75-41-23-15-5)65-63-64(68(74)71(65)47-49(17-7)29-21-13-3)66(72(67(63)73)48-50(18-8)30-22-14-4)52-32-36-56-58-38-34-54(76-42-24-16-6)46-62(58)70(10,60(56)44-52)40-28-26-20-12-2/h31-38,43-46,49-50H,11-30,39-42,47-48H2,1-10H3. The van der Waals surface area contributed by atoms with Crippen molar-refractivity contribution < 1.29 is 19.1 Å². The molecule has 6 nitrogen and oxygen atoms in total. The SMILES string of the molecule is CCCCCCC1(C)c2cc(OCCCC)ccc2-c2ccc(C3=C4C(=O)N(CC(CC)CCCC)C(c5ccc6c(c5)C(C)(CCCCCC)c5cc(OCCCC)ccc5-6)=C4C(=O)N3CC(CC)CCCC)cc21. The highest BCUT2D eigenvalue weighted by Gasteiger charge is 2.51. The van der Waals surface area contributed by atoms with Crippen molar-refractivity contribution in [2.75, 3.05) is 26.3 Å². The number of benzene rings is 4. The molecule has 410 valence electrons. The fourth-order valence-corrected chi connectivity index (χ4v) is 13.4. The molecule has 0 fully saturated rings. The van der Waals surface area contributed by atoms with Gasteiger partial charge in [0.2, 0.25) is 0 Å². The Labute approximate surface area is 460 Å². The molecule has 0 saturated heterocycles. The van der Waals surface area contributed by atoms with Crippen molar-refractivity contribution in [3.63, 3.8) is 0 Å². The van der Waals surface area contributed by atoms with Crippen molar-refractivity contribution in [3.05, 3.63) is 117 Å². The van der Waals surface area contributed by atoms with Gasteiger partial charge in [-0.2, -0.15) is 0 Å². The molecule has 2 aliphatic heterocycles. The molecular weight excluding hydrogens is 933 g/mol. The second-order valence-electron chi connectivity index (χ2n) is 23.7. The lowest BCUT2D eigenvalue weighted by Crippen LogP contribution is -2.35. The highest BCUT2D eigenvalue weighted by atomic mass is 16.5. The molecule has 8 rings (SSSR count).